The number of hydrogen-bond acceptors (Lipinski definition) is 5. The highest BCUT2D eigenvalue weighted by molar-refractivity contribution is 5.62. The van der Waals surface area contributed by atoms with Gasteiger partial charge in [0.25, 0.3) is 0 Å². The third-order valence-corrected chi connectivity index (χ3v) is 6.52. The lowest BCUT2D eigenvalue weighted by atomic mass is 9.96. The third-order valence-electron chi connectivity index (χ3n) is 6.52. The van der Waals surface area contributed by atoms with Crippen LogP contribution in [-0.2, 0) is 13.6 Å². The van der Waals surface area contributed by atoms with Crippen LogP contribution in [0.3, 0.4) is 0 Å². The van der Waals surface area contributed by atoms with E-state index in [9.17, 15) is 5.11 Å². The molecule has 2 unspecified atom stereocenters. The van der Waals surface area contributed by atoms with Crippen LogP contribution in [0.5, 0.6) is 0 Å². The number of aromatic nitrogens is 2. The smallest absolute Gasteiger partial charge is 0.0968 e. The summed E-state index contributed by atoms with van der Waals surface area (Å²) in [6.45, 7) is 8.49. The lowest BCUT2D eigenvalue weighted by Gasteiger charge is -2.28. The van der Waals surface area contributed by atoms with Gasteiger partial charge in [-0.1, -0.05) is 30.3 Å². The van der Waals surface area contributed by atoms with Gasteiger partial charge >= 0.3 is 0 Å². The van der Waals surface area contributed by atoms with E-state index in [1.807, 2.05) is 17.8 Å². The molecule has 2 atom stereocenters. The fourth-order valence-corrected chi connectivity index (χ4v) is 4.91. The second-order valence-corrected chi connectivity index (χ2v) is 8.88. The van der Waals surface area contributed by atoms with Gasteiger partial charge < -0.3 is 14.9 Å². The van der Waals surface area contributed by atoms with Crippen LogP contribution in [0.2, 0.25) is 0 Å². The predicted octanol–water partition coefficient (Wildman–Crippen LogP) is 1.13. The highest BCUT2D eigenvalue weighted by Gasteiger charge is 2.32. The summed E-state index contributed by atoms with van der Waals surface area (Å²) < 4.78 is 1.91. The number of rotatable bonds is 6. The average Bonchev–Trinajstić information content (AvgIpc) is 3.21. The molecule has 1 aromatic carbocycles. The van der Waals surface area contributed by atoms with E-state index in [2.05, 4.69) is 52.2 Å². The zero-order valence-electron chi connectivity index (χ0n) is 17.8. The Bertz CT molecular complexity index is 777. The number of likely N-dealkylation sites (N-methyl/N-ethyl adjacent to an activating group) is 1. The molecule has 0 aliphatic carbocycles. The Hall–Kier alpha value is -1.73. The number of nitrogens with zero attached hydrogens (tertiary/aromatic N) is 5. The van der Waals surface area contributed by atoms with Crippen molar-refractivity contribution >= 4 is 0 Å². The van der Waals surface area contributed by atoms with E-state index in [4.69, 9.17) is 5.10 Å². The van der Waals surface area contributed by atoms with E-state index in [1.54, 1.807) is 0 Å². The summed E-state index contributed by atoms with van der Waals surface area (Å²) in [4.78, 5) is 7.47. The molecule has 0 spiro atoms. The minimum atomic E-state index is 0.0352. The second kappa shape index (κ2) is 9.39. The monoisotopic (exact) mass is 396 g/mol. The fourth-order valence-electron chi connectivity index (χ4n) is 4.91. The molecule has 2 aliphatic rings. The molecule has 3 heterocycles. The molecule has 0 N–H and O–H groups in total. The Labute approximate surface area is 174 Å². The Balaban J connectivity index is 1.42. The van der Waals surface area contributed by atoms with Gasteiger partial charge in [-0.25, -0.2) is 0 Å². The molecular formula is C23H34N5O-. The Morgan fingerprint density at radius 1 is 0.966 bits per heavy atom. The van der Waals surface area contributed by atoms with E-state index in [0.29, 0.717) is 5.92 Å². The minimum Gasteiger partial charge on any atom is -0.854 e. The highest BCUT2D eigenvalue weighted by atomic mass is 16.3. The van der Waals surface area contributed by atoms with Crippen molar-refractivity contribution < 1.29 is 5.11 Å². The summed E-state index contributed by atoms with van der Waals surface area (Å²) in [5, 5.41) is 16.6. The van der Waals surface area contributed by atoms with Crippen molar-refractivity contribution in [1.82, 2.24) is 24.5 Å². The first kappa shape index (κ1) is 20.5. The normalized spacial score (nSPS) is 24.8. The first-order valence-corrected chi connectivity index (χ1v) is 10.9. The minimum absolute atomic E-state index is 0.0352. The molecule has 0 saturated carbocycles. The lowest BCUT2D eigenvalue weighted by Crippen LogP contribution is -2.37. The zero-order chi connectivity index (χ0) is 20.2. The molecule has 2 aliphatic heterocycles. The van der Waals surface area contributed by atoms with Crippen LogP contribution in [0, 0.1) is 11.8 Å². The first-order chi connectivity index (χ1) is 14.1. The number of benzene rings is 1. The summed E-state index contributed by atoms with van der Waals surface area (Å²) in [5.41, 5.74) is 3.47. The number of aryl methyl sites for hydroxylation is 1. The Morgan fingerprint density at radius 3 is 2.55 bits per heavy atom. The highest BCUT2D eigenvalue weighted by Crippen LogP contribution is 2.28. The van der Waals surface area contributed by atoms with Crippen LogP contribution < -0.4 is 5.11 Å². The van der Waals surface area contributed by atoms with Gasteiger partial charge in [-0.3, -0.25) is 9.58 Å². The first-order valence-electron chi connectivity index (χ1n) is 10.9. The molecular weight excluding hydrogens is 362 g/mol. The molecule has 158 valence electrons. The second-order valence-electron chi connectivity index (χ2n) is 8.88. The molecule has 4 rings (SSSR count). The van der Waals surface area contributed by atoms with Crippen LogP contribution in [0.1, 0.15) is 12.0 Å². The molecule has 29 heavy (non-hydrogen) atoms. The molecule has 1 aromatic heterocycles. The molecule has 2 aromatic rings. The van der Waals surface area contributed by atoms with Crippen LogP contribution >= 0.6 is 0 Å². The van der Waals surface area contributed by atoms with Crippen molar-refractivity contribution in [1.29, 1.82) is 0 Å². The SMILES string of the molecule is CN1CCCN(CC2CN(Cc3cn(C)nc3-c3ccccc3)CC2C[O-])CC1. The van der Waals surface area contributed by atoms with Gasteiger partial charge in [0, 0.05) is 63.6 Å². The lowest BCUT2D eigenvalue weighted by molar-refractivity contribution is -0.380. The Morgan fingerprint density at radius 2 is 1.76 bits per heavy atom. The molecule has 2 fully saturated rings. The molecule has 6 nitrogen and oxygen atoms in total. The van der Waals surface area contributed by atoms with Gasteiger partial charge in [0.2, 0.25) is 0 Å². The third kappa shape index (κ3) is 5.07. The average molecular weight is 397 g/mol. The van der Waals surface area contributed by atoms with Crippen LogP contribution in [0.25, 0.3) is 11.3 Å². The fraction of sp³-hybridized carbons (Fsp3) is 0.609. The van der Waals surface area contributed by atoms with E-state index >= 15 is 0 Å². The van der Waals surface area contributed by atoms with Gasteiger partial charge in [-0.05, 0) is 38.4 Å². The van der Waals surface area contributed by atoms with Crippen molar-refractivity contribution in [2.45, 2.75) is 13.0 Å². The summed E-state index contributed by atoms with van der Waals surface area (Å²) in [6, 6.07) is 10.4. The van der Waals surface area contributed by atoms with Gasteiger partial charge in [-0.15, -0.1) is 6.61 Å². The molecule has 0 amide bonds. The number of hydrogen-bond donors (Lipinski definition) is 0. The van der Waals surface area contributed by atoms with Crippen LogP contribution in [0.4, 0.5) is 0 Å². The van der Waals surface area contributed by atoms with Crippen molar-refractivity contribution in [2.24, 2.45) is 18.9 Å². The summed E-state index contributed by atoms with van der Waals surface area (Å²) in [5.74, 6) is 0.737. The molecule has 0 radical (unpaired) electrons. The van der Waals surface area contributed by atoms with Crippen molar-refractivity contribution in [2.75, 3.05) is 59.5 Å². The van der Waals surface area contributed by atoms with Crippen LogP contribution in [-0.4, -0.2) is 83.9 Å². The molecule has 2 saturated heterocycles. The largest absolute Gasteiger partial charge is 0.854 e. The van der Waals surface area contributed by atoms with Gasteiger partial charge in [-0.2, -0.15) is 5.10 Å². The van der Waals surface area contributed by atoms with Crippen molar-refractivity contribution in [3.63, 3.8) is 0 Å². The number of likely N-dealkylation sites (tertiary alicyclic amines) is 1. The van der Waals surface area contributed by atoms with E-state index in [0.717, 1.165) is 57.1 Å². The predicted molar refractivity (Wildman–Crippen MR) is 114 cm³/mol. The maximum absolute atomic E-state index is 11.9. The topological polar surface area (TPSA) is 50.6 Å². The van der Waals surface area contributed by atoms with Crippen LogP contribution in [0.15, 0.2) is 36.5 Å². The molecule has 6 heteroatoms. The summed E-state index contributed by atoms with van der Waals surface area (Å²) in [6.07, 6.45) is 3.36. The quantitative estimate of drug-likeness (QED) is 0.733. The van der Waals surface area contributed by atoms with E-state index < -0.39 is 0 Å². The van der Waals surface area contributed by atoms with Gasteiger partial charge in [0.1, 0.15) is 0 Å². The maximum Gasteiger partial charge on any atom is 0.0968 e. The summed E-state index contributed by atoms with van der Waals surface area (Å²) in [7, 11) is 4.19. The van der Waals surface area contributed by atoms with Gasteiger partial charge in [0.15, 0.2) is 0 Å². The van der Waals surface area contributed by atoms with E-state index in [-0.39, 0.29) is 12.5 Å². The van der Waals surface area contributed by atoms with Gasteiger partial charge in [0.05, 0.1) is 5.69 Å². The van der Waals surface area contributed by atoms with E-state index in [1.165, 1.54) is 18.5 Å². The van der Waals surface area contributed by atoms with Crippen molar-refractivity contribution in [3.8, 4) is 11.3 Å². The standard InChI is InChI=1S/C23H34N5O/c1-25-9-6-10-27(12-11-25)14-20-15-28(17-22(20)18-29)16-21-13-26(2)24-23(21)19-7-4-3-5-8-19/h3-5,7-8,13,20,22H,6,9-12,14-18H2,1-2H3/q-1. The molecule has 0 bridgehead atoms. The zero-order valence-corrected chi connectivity index (χ0v) is 17.8. The van der Waals surface area contributed by atoms with Crippen molar-refractivity contribution in [3.05, 3.63) is 42.1 Å². The Kier molecular flexibility index (Phi) is 6.65. The maximum atomic E-state index is 11.9. The summed E-state index contributed by atoms with van der Waals surface area (Å²) >= 11 is 0.